The molecule has 2 N–H and O–H groups in total. The molecule has 1 aliphatic carbocycles. The molecule has 3 aromatic rings. The number of aromatic nitrogens is 3. The number of aliphatic hydroxyl groups is 1. The number of nitrogens with one attached hydrogen (secondary N) is 1. The van der Waals surface area contributed by atoms with Gasteiger partial charge in [0.15, 0.2) is 5.65 Å². The molecule has 2 aliphatic rings. The van der Waals surface area contributed by atoms with Gasteiger partial charge >= 0.3 is 0 Å². The van der Waals surface area contributed by atoms with E-state index in [4.69, 9.17) is 0 Å². The van der Waals surface area contributed by atoms with Gasteiger partial charge in [-0.2, -0.15) is 5.10 Å². The molecule has 1 aliphatic heterocycles. The molecule has 2 aromatic heterocycles. The van der Waals surface area contributed by atoms with Gasteiger partial charge in [-0.15, -0.1) is 0 Å². The Morgan fingerprint density at radius 2 is 2.06 bits per heavy atom. The first-order chi connectivity index (χ1) is 15.0. The Morgan fingerprint density at radius 3 is 2.87 bits per heavy atom. The number of anilines is 2. The molecule has 1 saturated carbocycles. The predicted molar refractivity (Wildman–Crippen MR) is 111 cm³/mol. The molecule has 3 atom stereocenters. The summed E-state index contributed by atoms with van der Waals surface area (Å²) in [5.41, 5.74) is 1.29. The quantitative estimate of drug-likeness (QED) is 0.667. The number of nitrogens with zero attached hydrogens (tertiary/aromatic N) is 4. The average molecular weight is 427 g/mol. The highest BCUT2D eigenvalue weighted by Crippen LogP contribution is 2.37. The maximum Gasteiger partial charge on any atom is 0.227 e. The first-order valence-electron chi connectivity index (χ1n) is 10.5. The third-order valence-corrected chi connectivity index (χ3v) is 6.25. The lowest BCUT2D eigenvalue weighted by Crippen LogP contribution is -2.25. The Hall–Kier alpha value is -3.07. The molecule has 2 fully saturated rings. The normalized spacial score (nSPS) is 23.6. The number of amides is 1. The van der Waals surface area contributed by atoms with Gasteiger partial charge in [0.1, 0.15) is 23.1 Å². The topological polar surface area (TPSA) is 82.8 Å². The minimum atomic E-state index is -0.468. The monoisotopic (exact) mass is 427 g/mol. The highest BCUT2D eigenvalue weighted by Gasteiger charge is 2.31. The highest BCUT2D eigenvalue weighted by atomic mass is 19.1. The maximum absolute atomic E-state index is 14.4. The van der Waals surface area contributed by atoms with Crippen molar-refractivity contribution in [1.29, 1.82) is 0 Å². The van der Waals surface area contributed by atoms with E-state index in [2.05, 4.69) is 15.4 Å². The number of halogens is 2. The summed E-state index contributed by atoms with van der Waals surface area (Å²) in [6.07, 6.45) is 6.12. The number of carbonyl (C=O) groups is 1. The summed E-state index contributed by atoms with van der Waals surface area (Å²) in [6.45, 7) is 0.666. The van der Waals surface area contributed by atoms with E-state index in [-0.39, 0.29) is 17.9 Å². The number of rotatable bonds is 4. The van der Waals surface area contributed by atoms with Gasteiger partial charge in [0.25, 0.3) is 0 Å². The van der Waals surface area contributed by atoms with Crippen LogP contribution in [0.15, 0.2) is 36.7 Å². The third kappa shape index (κ3) is 3.74. The summed E-state index contributed by atoms with van der Waals surface area (Å²) in [5.74, 6) is -0.669. The van der Waals surface area contributed by atoms with Gasteiger partial charge in [0, 0.05) is 24.2 Å². The minimum Gasteiger partial charge on any atom is -0.393 e. The molecule has 1 saturated heterocycles. The number of benzene rings is 1. The second-order valence-corrected chi connectivity index (χ2v) is 8.28. The van der Waals surface area contributed by atoms with E-state index in [0.717, 1.165) is 18.6 Å². The fourth-order valence-electron chi connectivity index (χ4n) is 4.67. The molecule has 1 amide bonds. The molecule has 0 radical (unpaired) electrons. The Labute approximate surface area is 177 Å². The Morgan fingerprint density at radius 1 is 1.19 bits per heavy atom. The predicted octanol–water partition coefficient (Wildman–Crippen LogP) is 3.45. The van der Waals surface area contributed by atoms with E-state index in [1.807, 2.05) is 4.90 Å². The first kappa shape index (κ1) is 19.9. The smallest absolute Gasteiger partial charge is 0.227 e. The first-order valence-corrected chi connectivity index (χ1v) is 10.5. The van der Waals surface area contributed by atoms with Crippen molar-refractivity contribution in [3.63, 3.8) is 0 Å². The van der Waals surface area contributed by atoms with Gasteiger partial charge in [0.2, 0.25) is 5.91 Å². The van der Waals surface area contributed by atoms with Crippen LogP contribution in [0, 0.1) is 17.6 Å². The summed E-state index contributed by atoms with van der Waals surface area (Å²) < 4.78 is 29.7. The second-order valence-electron chi connectivity index (χ2n) is 8.28. The molecule has 3 heterocycles. The zero-order valence-corrected chi connectivity index (χ0v) is 16.8. The van der Waals surface area contributed by atoms with Crippen LogP contribution in [0.5, 0.6) is 0 Å². The lowest BCUT2D eigenvalue weighted by Gasteiger charge is -2.26. The molecule has 0 spiro atoms. The fraction of sp³-hybridized carbons (Fsp3) is 0.409. The van der Waals surface area contributed by atoms with E-state index >= 15 is 0 Å². The van der Waals surface area contributed by atoms with Crippen molar-refractivity contribution >= 4 is 23.1 Å². The summed E-state index contributed by atoms with van der Waals surface area (Å²) in [5, 5.41) is 16.8. The van der Waals surface area contributed by atoms with Gasteiger partial charge in [-0.1, -0.05) is 0 Å². The summed E-state index contributed by atoms with van der Waals surface area (Å²) in [7, 11) is 0. The standard InChI is InChI=1S/C22H23F2N5O2/c23-14-4-6-17(24)16(11-14)19-2-1-8-28(19)20-7-9-29-21(27-20)18(12-25-29)26-22(31)13-3-5-15(30)10-13/h4,6-7,9,11-13,15,19,30H,1-3,5,8,10H2,(H,26,31)/t13?,15-,19+/m0/s1. The third-order valence-electron chi connectivity index (χ3n) is 6.25. The molecular formula is C22H23F2N5O2. The molecule has 162 valence electrons. The van der Waals surface area contributed by atoms with Gasteiger partial charge < -0.3 is 15.3 Å². The molecule has 7 nitrogen and oxygen atoms in total. The molecular weight excluding hydrogens is 404 g/mol. The van der Waals surface area contributed by atoms with Crippen molar-refractivity contribution < 1.29 is 18.7 Å². The van der Waals surface area contributed by atoms with Crippen molar-refractivity contribution in [1.82, 2.24) is 14.6 Å². The van der Waals surface area contributed by atoms with E-state index in [1.165, 1.54) is 6.07 Å². The number of aliphatic hydroxyl groups excluding tert-OH is 1. The largest absolute Gasteiger partial charge is 0.393 e. The lowest BCUT2D eigenvalue weighted by atomic mass is 10.0. The number of hydrogen-bond donors (Lipinski definition) is 2. The van der Waals surface area contributed by atoms with Gasteiger partial charge in [-0.05, 0) is 56.4 Å². The van der Waals surface area contributed by atoms with Crippen LogP contribution in [-0.2, 0) is 4.79 Å². The lowest BCUT2D eigenvalue weighted by molar-refractivity contribution is -0.119. The van der Waals surface area contributed by atoms with Crippen molar-refractivity contribution in [3.05, 3.63) is 53.9 Å². The van der Waals surface area contributed by atoms with Crippen LogP contribution in [0.1, 0.15) is 43.7 Å². The number of fused-ring (bicyclic) bond motifs is 1. The maximum atomic E-state index is 14.4. The molecule has 5 rings (SSSR count). The minimum absolute atomic E-state index is 0.153. The number of carbonyl (C=O) groups excluding carboxylic acids is 1. The zero-order valence-electron chi connectivity index (χ0n) is 16.8. The zero-order chi connectivity index (χ0) is 21.5. The molecule has 1 unspecified atom stereocenters. The molecule has 1 aromatic carbocycles. The van der Waals surface area contributed by atoms with Gasteiger partial charge in [-0.25, -0.2) is 18.3 Å². The Bertz CT molecular complexity index is 1130. The second kappa shape index (κ2) is 7.88. The van der Waals surface area contributed by atoms with E-state index in [0.29, 0.717) is 54.9 Å². The van der Waals surface area contributed by atoms with Crippen LogP contribution in [0.4, 0.5) is 20.3 Å². The van der Waals surface area contributed by atoms with Crippen LogP contribution in [0.25, 0.3) is 5.65 Å². The molecule has 0 bridgehead atoms. The van der Waals surface area contributed by atoms with Crippen molar-refractivity contribution in [3.8, 4) is 0 Å². The van der Waals surface area contributed by atoms with Crippen molar-refractivity contribution in [2.75, 3.05) is 16.8 Å². The van der Waals surface area contributed by atoms with E-state index in [9.17, 15) is 18.7 Å². The van der Waals surface area contributed by atoms with Crippen LogP contribution in [0.3, 0.4) is 0 Å². The van der Waals surface area contributed by atoms with E-state index < -0.39 is 17.7 Å². The molecule has 31 heavy (non-hydrogen) atoms. The van der Waals surface area contributed by atoms with Crippen LogP contribution >= 0.6 is 0 Å². The Kier molecular flexibility index (Phi) is 5.05. The SMILES string of the molecule is O=C(Nc1cnn2ccc(N3CCC[C@@H]3c3cc(F)ccc3F)nc12)C1CC[C@H](O)C1. The van der Waals surface area contributed by atoms with Crippen LogP contribution < -0.4 is 10.2 Å². The van der Waals surface area contributed by atoms with Gasteiger partial charge in [0.05, 0.1) is 18.3 Å². The number of hydrogen-bond acceptors (Lipinski definition) is 5. The van der Waals surface area contributed by atoms with Crippen molar-refractivity contribution in [2.24, 2.45) is 5.92 Å². The van der Waals surface area contributed by atoms with E-state index in [1.54, 1.807) is 23.0 Å². The molecule has 9 heteroatoms. The summed E-state index contributed by atoms with van der Waals surface area (Å²) in [6, 6.07) is 4.99. The highest BCUT2D eigenvalue weighted by molar-refractivity contribution is 5.95. The fourth-order valence-corrected chi connectivity index (χ4v) is 4.67. The average Bonchev–Trinajstić information content (AvgIpc) is 3.49. The summed E-state index contributed by atoms with van der Waals surface area (Å²) >= 11 is 0. The van der Waals surface area contributed by atoms with Gasteiger partial charge in [-0.3, -0.25) is 4.79 Å². The Balaban J connectivity index is 1.43. The summed E-state index contributed by atoms with van der Waals surface area (Å²) in [4.78, 5) is 19.2. The van der Waals surface area contributed by atoms with Crippen LogP contribution in [-0.4, -0.2) is 38.3 Å². The van der Waals surface area contributed by atoms with Crippen molar-refractivity contribution in [2.45, 2.75) is 44.2 Å². The van der Waals surface area contributed by atoms with Crippen LogP contribution in [0.2, 0.25) is 0 Å².